The summed E-state index contributed by atoms with van der Waals surface area (Å²) in [6.45, 7) is 7.44. The molecule has 1 atom stereocenters. The quantitative estimate of drug-likeness (QED) is 0.528. The molecule has 3 heteroatoms. The Hall–Kier alpha value is -0.120. The van der Waals surface area contributed by atoms with Crippen molar-refractivity contribution in [2.24, 2.45) is 5.41 Å². The van der Waals surface area contributed by atoms with E-state index in [0.717, 1.165) is 19.6 Å². The maximum absolute atomic E-state index is 9.75. The van der Waals surface area contributed by atoms with Crippen molar-refractivity contribution in [1.82, 2.24) is 5.32 Å². The molecule has 1 rings (SSSR count). The van der Waals surface area contributed by atoms with Gasteiger partial charge in [0.05, 0.1) is 12.7 Å². The van der Waals surface area contributed by atoms with Crippen molar-refractivity contribution in [2.45, 2.75) is 64.9 Å². The number of unbranched alkanes of at least 4 members (excludes halogenated alkanes) is 3. The van der Waals surface area contributed by atoms with Gasteiger partial charge in [-0.2, -0.15) is 0 Å². The molecule has 0 heterocycles. The van der Waals surface area contributed by atoms with Crippen molar-refractivity contribution in [3.63, 3.8) is 0 Å². The van der Waals surface area contributed by atoms with Crippen LogP contribution in [0.2, 0.25) is 0 Å². The lowest BCUT2D eigenvalue weighted by Gasteiger charge is -2.16. The van der Waals surface area contributed by atoms with E-state index in [1.807, 2.05) is 0 Å². The Kier molecular flexibility index (Phi) is 7.87. The summed E-state index contributed by atoms with van der Waals surface area (Å²) in [6.07, 6.45) is 8.49. The average Bonchev–Trinajstić information content (AvgIpc) is 3.14. The highest BCUT2D eigenvalue weighted by atomic mass is 16.5. The molecule has 0 radical (unpaired) electrons. The molecule has 1 unspecified atom stereocenters. The van der Waals surface area contributed by atoms with Gasteiger partial charge in [-0.25, -0.2) is 0 Å². The molecular weight excluding hydrogens is 226 g/mol. The number of aliphatic hydroxyl groups excluding tert-OH is 1. The summed E-state index contributed by atoms with van der Waals surface area (Å²) >= 11 is 0. The Morgan fingerprint density at radius 1 is 1.22 bits per heavy atom. The molecule has 1 aliphatic rings. The molecule has 0 bridgehead atoms. The van der Waals surface area contributed by atoms with Crippen LogP contribution in [0.25, 0.3) is 0 Å². The van der Waals surface area contributed by atoms with Crippen LogP contribution in [-0.4, -0.2) is 37.5 Å². The fourth-order valence-corrected chi connectivity index (χ4v) is 2.25. The number of hydrogen-bond donors (Lipinski definition) is 2. The zero-order chi connectivity index (χ0) is 13.3. The van der Waals surface area contributed by atoms with Crippen LogP contribution < -0.4 is 5.32 Å². The Labute approximate surface area is 112 Å². The first kappa shape index (κ1) is 15.9. The van der Waals surface area contributed by atoms with Gasteiger partial charge in [0.2, 0.25) is 0 Å². The zero-order valence-electron chi connectivity index (χ0n) is 12.2. The third kappa shape index (κ3) is 6.72. The Morgan fingerprint density at radius 3 is 2.61 bits per heavy atom. The van der Waals surface area contributed by atoms with E-state index < -0.39 is 0 Å². The van der Waals surface area contributed by atoms with Crippen molar-refractivity contribution in [3.05, 3.63) is 0 Å². The minimum Gasteiger partial charge on any atom is -0.389 e. The first-order valence-electron chi connectivity index (χ1n) is 7.69. The van der Waals surface area contributed by atoms with E-state index in [9.17, 15) is 5.11 Å². The molecule has 0 saturated heterocycles. The van der Waals surface area contributed by atoms with Crippen LogP contribution in [0.1, 0.15) is 58.8 Å². The van der Waals surface area contributed by atoms with E-state index in [4.69, 9.17) is 4.74 Å². The minimum atomic E-state index is -0.358. The van der Waals surface area contributed by atoms with E-state index in [1.54, 1.807) is 0 Å². The van der Waals surface area contributed by atoms with Gasteiger partial charge in [0.15, 0.2) is 0 Å². The highest BCUT2D eigenvalue weighted by molar-refractivity contribution is 4.93. The van der Waals surface area contributed by atoms with Gasteiger partial charge in [-0.15, -0.1) is 0 Å². The summed E-state index contributed by atoms with van der Waals surface area (Å²) in [5.74, 6) is 0. The fraction of sp³-hybridized carbons (Fsp3) is 1.00. The number of aliphatic hydroxyl groups is 1. The second-order valence-corrected chi connectivity index (χ2v) is 5.77. The molecule has 3 nitrogen and oxygen atoms in total. The summed E-state index contributed by atoms with van der Waals surface area (Å²) in [5.41, 5.74) is 0.556. The number of rotatable bonds is 12. The van der Waals surface area contributed by atoms with Gasteiger partial charge in [0, 0.05) is 19.7 Å². The SMILES string of the molecule is CCCCCCOCC(O)CNCC1(CC)CC1. The fourth-order valence-electron chi connectivity index (χ4n) is 2.25. The number of nitrogens with one attached hydrogen (secondary N) is 1. The van der Waals surface area contributed by atoms with Crippen molar-refractivity contribution in [2.75, 3.05) is 26.3 Å². The van der Waals surface area contributed by atoms with Crippen LogP contribution in [-0.2, 0) is 4.74 Å². The molecule has 0 aliphatic heterocycles. The van der Waals surface area contributed by atoms with Crippen LogP contribution in [0.5, 0.6) is 0 Å². The van der Waals surface area contributed by atoms with E-state index in [2.05, 4.69) is 19.2 Å². The Morgan fingerprint density at radius 2 is 2.00 bits per heavy atom. The minimum absolute atomic E-state index is 0.358. The maximum Gasteiger partial charge on any atom is 0.0897 e. The third-order valence-corrected chi connectivity index (χ3v) is 4.04. The largest absolute Gasteiger partial charge is 0.389 e. The van der Waals surface area contributed by atoms with Gasteiger partial charge in [-0.3, -0.25) is 0 Å². The summed E-state index contributed by atoms with van der Waals surface area (Å²) in [7, 11) is 0. The summed E-state index contributed by atoms with van der Waals surface area (Å²) in [6, 6.07) is 0. The lowest BCUT2D eigenvalue weighted by Crippen LogP contribution is -2.34. The molecule has 108 valence electrons. The van der Waals surface area contributed by atoms with E-state index >= 15 is 0 Å². The van der Waals surface area contributed by atoms with Gasteiger partial charge in [-0.05, 0) is 31.1 Å². The van der Waals surface area contributed by atoms with Crippen molar-refractivity contribution in [1.29, 1.82) is 0 Å². The predicted molar refractivity (Wildman–Crippen MR) is 75.8 cm³/mol. The van der Waals surface area contributed by atoms with Crippen LogP contribution >= 0.6 is 0 Å². The maximum atomic E-state index is 9.75. The first-order chi connectivity index (χ1) is 8.72. The lowest BCUT2D eigenvalue weighted by molar-refractivity contribution is 0.0349. The average molecular weight is 257 g/mol. The van der Waals surface area contributed by atoms with Gasteiger partial charge >= 0.3 is 0 Å². The molecule has 1 saturated carbocycles. The normalized spacial score (nSPS) is 18.8. The van der Waals surface area contributed by atoms with Gasteiger partial charge in [-0.1, -0.05) is 33.1 Å². The molecule has 18 heavy (non-hydrogen) atoms. The molecule has 0 aromatic heterocycles. The molecule has 0 amide bonds. The van der Waals surface area contributed by atoms with E-state index in [-0.39, 0.29) is 6.10 Å². The molecule has 0 aromatic rings. The molecule has 0 aromatic carbocycles. The number of hydrogen-bond acceptors (Lipinski definition) is 3. The molecule has 2 N–H and O–H groups in total. The highest BCUT2D eigenvalue weighted by Crippen LogP contribution is 2.47. The van der Waals surface area contributed by atoms with Crippen LogP contribution in [0.15, 0.2) is 0 Å². The molecule has 1 aliphatic carbocycles. The van der Waals surface area contributed by atoms with Crippen LogP contribution in [0, 0.1) is 5.41 Å². The topological polar surface area (TPSA) is 41.5 Å². The molecular formula is C15H31NO2. The second-order valence-electron chi connectivity index (χ2n) is 5.77. The second kappa shape index (κ2) is 8.89. The molecule has 0 spiro atoms. The van der Waals surface area contributed by atoms with Crippen LogP contribution in [0.3, 0.4) is 0 Å². The summed E-state index contributed by atoms with van der Waals surface area (Å²) in [4.78, 5) is 0. The van der Waals surface area contributed by atoms with Crippen molar-refractivity contribution >= 4 is 0 Å². The monoisotopic (exact) mass is 257 g/mol. The van der Waals surface area contributed by atoms with Gasteiger partial charge in [0.1, 0.15) is 0 Å². The zero-order valence-corrected chi connectivity index (χ0v) is 12.2. The Bertz CT molecular complexity index is 205. The highest BCUT2D eigenvalue weighted by Gasteiger charge is 2.39. The predicted octanol–water partition coefficient (Wildman–Crippen LogP) is 2.72. The van der Waals surface area contributed by atoms with E-state index in [1.165, 1.54) is 38.5 Å². The molecule has 1 fully saturated rings. The standard InChI is InChI=1S/C15H31NO2/c1-3-5-6-7-10-18-12-14(17)11-16-13-15(4-2)8-9-15/h14,16-17H,3-13H2,1-2H3. The first-order valence-corrected chi connectivity index (χ1v) is 7.69. The summed E-state index contributed by atoms with van der Waals surface area (Å²) in [5, 5.41) is 13.1. The van der Waals surface area contributed by atoms with E-state index in [0.29, 0.717) is 18.6 Å². The van der Waals surface area contributed by atoms with Gasteiger partial charge < -0.3 is 15.2 Å². The summed E-state index contributed by atoms with van der Waals surface area (Å²) < 4.78 is 5.48. The number of ether oxygens (including phenoxy) is 1. The van der Waals surface area contributed by atoms with Crippen molar-refractivity contribution < 1.29 is 9.84 Å². The smallest absolute Gasteiger partial charge is 0.0897 e. The third-order valence-electron chi connectivity index (χ3n) is 4.04. The van der Waals surface area contributed by atoms with Crippen molar-refractivity contribution in [3.8, 4) is 0 Å². The Balaban J connectivity index is 1.86. The van der Waals surface area contributed by atoms with Crippen LogP contribution in [0.4, 0.5) is 0 Å². The lowest BCUT2D eigenvalue weighted by atomic mass is 10.0. The van der Waals surface area contributed by atoms with Gasteiger partial charge in [0.25, 0.3) is 0 Å².